The zero-order valence-corrected chi connectivity index (χ0v) is 12.9. The van der Waals surface area contributed by atoms with Crippen molar-refractivity contribution in [2.24, 2.45) is 0 Å². The highest BCUT2D eigenvalue weighted by molar-refractivity contribution is 7.91. The molecule has 110 valence electrons. The van der Waals surface area contributed by atoms with Crippen LogP contribution in [0.15, 0.2) is 52.3 Å². The number of thiophene rings is 1. The highest BCUT2D eigenvalue weighted by Gasteiger charge is 2.13. The predicted molar refractivity (Wildman–Crippen MR) is 83.9 cm³/mol. The molecule has 7 heteroatoms. The quantitative estimate of drug-likeness (QED) is 0.709. The van der Waals surface area contributed by atoms with Crippen LogP contribution in [0.3, 0.4) is 0 Å². The van der Waals surface area contributed by atoms with Gasteiger partial charge in [-0.05, 0) is 30.0 Å². The van der Waals surface area contributed by atoms with E-state index < -0.39 is 10.0 Å². The maximum absolute atomic E-state index is 11.9. The molecule has 0 unspecified atom stereocenters. The second-order valence-corrected chi connectivity index (χ2v) is 7.55. The van der Waals surface area contributed by atoms with Gasteiger partial charge < -0.3 is 4.57 Å². The molecule has 0 spiro atoms. The standard InChI is InChI=1S/C14H15N3O2S2/c18-21(19,14-7-3-10-20-14)16-8-4-9-17-11-15-12-5-1-2-6-13(12)17/h1-3,5-7,10-11,16H,4,8-9H2. The summed E-state index contributed by atoms with van der Waals surface area (Å²) >= 11 is 1.22. The Morgan fingerprint density at radius 1 is 1.19 bits per heavy atom. The number of imidazole rings is 1. The minimum absolute atomic E-state index is 0.357. The highest BCUT2D eigenvalue weighted by Crippen LogP contribution is 2.15. The summed E-state index contributed by atoms with van der Waals surface area (Å²) in [4.78, 5) is 4.31. The Bertz CT molecular complexity index is 823. The molecule has 2 heterocycles. The van der Waals surface area contributed by atoms with E-state index in [1.54, 1.807) is 23.8 Å². The van der Waals surface area contributed by atoms with E-state index in [9.17, 15) is 8.42 Å². The largest absolute Gasteiger partial charge is 0.331 e. The lowest BCUT2D eigenvalue weighted by Gasteiger charge is -2.06. The number of rotatable bonds is 6. The monoisotopic (exact) mass is 321 g/mol. The fourth-order valence-electron chi connectivity index (χ4n) is 2.13. The zero-order chi connectivity index (χ0) is 14.7. The molecule has 0 saturated heterocycles. The van der Waals surface area contributed by atoms with Gasteiger partial charge in [-0.25, -0.2) is 18.1 Å². The van der Waals surface area contributed by atoms with Gasteiger partial charge in [0, 0.05) is 13.1 Å². The molecule has 0 aliphatic rings. The van der Waals surface area contributed by atoms with Gasteiger partial charge in [0.25, 0.3) is 0 Å². The summed E-state index contributed by atoms with van der Waals surface area (Å²) in [5.74, 6) is 0. The van der Waals surface area contributed by atoms with Crippen LogP contribution in [0.1, 0.15) is 6.42 Å². The van der Waals surface area contributed by atoms with Crippen molar-refractivity contribution < 1.29 is 8.42 Å². The summed E-state index contributed by atoms with van der Waals surface area (Å²) in [6.07, 6.45) is 2.50. The van der Waals surface area contributed by atoms with Crippen LogP contribution in [0.4, 0.5) is 0 Å². The normalized spacial score (nSPS) is 12.0. The van der Waals surface area contributed by atoms with Gasteiger partial charge >= 0.3 is 0 Å². The first kappa shape index (κ1) is 14.2. The van der Waals surface area contributed by atoms with E-state index in [0.717, 1.165) is 17.6 Å². The molecule has 21 heavy (non-hydrogen) atoms. The molecule has 0 aliphatic heterocycles. The summed E-state index contributed by atoms with van der Waals surface area (Å²) in [6, 6.07) is 11.2. The Morgan fingerprint density at radius 3 is 2.86 bits per heavy atom. The molecule has 2 aromatic heterocycles. The third-order valence-corrected chi connectivity index (χ3v) is 6.01. The molecule has 0 radical (unpaired) electrons. The average molecular weight is 321 g/mol. The van der Waals surface area contributed by atoms with Crippen LogP contribution >= 0.6 is 11.3 Å². The van der Waals surface area contributed by atoms with Gasteiger partial charge in [0.1, 0.15) is 4.21 Å². The fraction of sp³-hybridized carbons (Fsp3) is 0.214. The summed E-state index contributed by atoms with van der Waals surface area (Å²) in [5, 5.41) is 1.76. The molecule has 1 aromatic carbocycles. The summed E-state index contributed by atoms with van der Waals surface area (Å²) < 4.78 is 28.9. The van der Waals surface area contributed by atoms with Gasteiger partial charge in [0.05, 0.1) is 17.4 Å². The molecule has 0 bridgehead atoms. The van der Waals surface area contributed by atoms with Crippen LogP contribution in [0.25, 0.3) is 11.0 Å². The van der Waals surface area contributed by atoms with Crippen molar-refractivity contribution in [3.8, 4) is 0 Å². The molecule has 5 nitrogen and oxygen atoms in total. The van der Waals surface area contributed by atoms with E-state index in [2.05, 4.69) is 9.71 Å². The minimum Gasteiger partial charge on any atom is -0.331 e. The number of aryl methyl sites for hydroxylation is 1. The number of fused-ring (bicyclic) bond motifs is 1. The van der Waals surface area contributed by atoms with E-state index in [0.29, 0.717) is 17.2 Å². The highest BCUT2D eigenvalue weighted by atomic mass is 32.2. The third kappa shape index (κ3) is 3.15. The Balaban J connectivity index is 1.57. The Kier molecular flexibility index (Phi) is 4.05. The smallest absolute Gasteiger partial charge is 0.250 e. The molecule has 0 saturated carbocycles. The molecular weight excluding hydrogens is 306 g/mol. The van der Waals surface area contributed by atoms with Crippen LogP contribution in [0.5, 0.6) is 0 Å². The predicted octanol–water partition coefficient (Wildman–Crippen LogP) is 2.47. The molecule has 0 amide bonds. The number of nitrogens with zero attached hydrogens (tertiary/aromatic N) is 2. The maximum atomic E-state index is 11.9. The van der Waals surface area contributed by atoms with Crippen LogP contribution in [-0.2, 0) is 16.6 Å². The van der Waals surface area contributed by atoms with Crippen molar-refractivity contribution in [1.29, 1.82) is 0 Å². The SMILES string of the molecule is O=S(=O)(NCCCn1cnc2ccccc21)c1cccs1. The second kappa shape index (κ2) is 5.97. The molecular formula is C14H15N3O2S2. The number of hydrogen-bond donors (Lipinski definition) is 1. The lowest BCUT2D eigenvalue weighted by molar-refractivity contribution is 0.573. The van der Waals surface area contributed by atoms with Crippen molar-refractivity contribution in [2.45, 2.75) is 17.2 Å². The Hall–Kier alpha value is -1.70. The van der Waals surface area contributed by atoms with Crippen LogP contribution in [0, 0.1) is 0 Å². The van der Waals surface area contributed by atoms with E-state index in [1.165, 1.54) is 11.3 Å². The molecule has 3 aromatic rings. The molecule has 3 rings (SSSR count). The maximum Gasteiger partial charge on any atom is 0.250 e. The lowest BCUT2D eigenvalue weighted by atomic mass is 10.3. The van der Waals surface area contributed by atoms with E-state index in [4.69, 9.17) is 0 Å². The van der Waals surface area contributed by atoms with Crippen molar-refractivity contribution >= 4 is 32.4 Å². The first-order chi connectivity index (χ1) is 10.2. The van der Waals surface area contributed by atoms with E-state index in [-0.39, 0.29) is 0 Å². The number of aromatic nitrogens is 2. The average Bonchev–Trinajstić information content (AvgIpc) is 3.14. The fourth-order valence-corrected chi connectivity index (χ4v) is 4.24. The summed E-state index contributed by atoms with van der Waals surface area (Å²) in [7, 11) is -3.36. The van der Waals surface area contributed by atoms with Gasteiger partial charge in [-0.2, -0.15) is 0 Å². The van der Waals surface area contributed by atoms with Gasteiger partial charge in [0.15, 0.2) is 0 Å². The van der Waals surface area contributed by atoms with Gasteiger partial charge in [-0.15, -0.1) is 11.3 Å². The first-order valence-electron chi connectivity index (χ1n) is 6.60. The summed E-state index contributed by atoms with van der Waals surface area (Å²) in [5.41, 5.74) is 2.02. The first-order valence-corrected chi connectivity index (χ1v) is 8.96. The molecule has 0 fully saturated rings. The zero-order valence-electron chi connectivity index (χ0n) is 11.3. The van der Waals surface area contributed by atoms with Gasteiger partial charge in [-0.1, -0.05) is 18.2 Å². The van der Waals surface area contributed by atoms with Crippen molar-refractivity contribution in [3.05, 3.63) is 48.1 Å². The van der Waals surface area contributed by atoms with E-state index in [1.807, 2.05) is 28.8 Å². The Morgan fingerprint density at radius 2 is 2.05 bits per heavy atom. The third-order valence-electron chi connectivity index (χ3n) is 3.16. The lowest BCUT2D eigenvalue weighted by Crippen LogP contribution is -2.24. The second-order valence-electron chi connectivity index (χ2n) is 4.61. The number of hydrogen-bond acceptors (Lipinski definition) is 4. The Labute approximate surface area is 127 Å². The number of nitrogens with one attached hydrogen (secondary N) is 1. The van der Waals surface area contributed by atoms with Crippen LogP contribution < -0.4 is 4.72 Å². The van der Waals surface area contributed by atoms with Crippen molar-refractivity contribution in [2.75, 3.05) is 6.54 Å². The van der Waals surface area contributed by atoms with Crippen molar-refractivity contribution in [3.63, 3.8) is 0 Å². The molecule has 0 aliphatic carbocycles. The van der Waals surface area contributed by atoms with Crippen LogP contribution in [0.2, 0.25) is 0 Å². The number of para-hydroxylation sites is 2. The number of sulfonamides is 1. The van der Waals surface area contributed by atoms with E-state index >= 15 is 0 Å². The van der Waals surface area contributed by atoms with Gasteiger partial charge in [0.2, 0.25) is 10.0 Å². The number of benzene rings is 1. The topological polar surface area (TPSA) is 64.0 Å². The van der Waals surface area contributed by atoms with Crippen LogP contribution in [-0.4, -0.2) is 24.5 Å². The minimum atomic E-state index is -3.36. The van der Waals surface area contributed by atoms with Crippen molar-refractivity contribution in [1.82, 2.24) is 14.3 Å². The van der Waals surface area contributed by atoms with Gasteiger partial charge in [-0.3, -0.25) is 0 Å². The molecule has 0 atom stereocenters. The summed E-state index contributed by atoms with van der Waals surface area (Å²) in [6.45, 7) is 1.14. The molecule has 1 N–H and O–H groups in total.